The molecule has 0 aliphatic carbocycles. The summed E-state index contributed by atoms with van der Waals surface area (Å²) in [6.07, 6.45) is -9.83. The summed E-state index contributed by atoms with van der Waals surface area (Å²) in [5.74, 6) is 0.206. The van der Waals surface area contributed by atoms with Crippen molar-refractivity contribution in [3.63, 3.8) is 0 Å². The summed E-state index contributed by atoms with van der Waals surface area (Å²) >= 11 is 0. The average molecular weight is 379 g/mol. The highest BCUT2D eigenvalue weighted by Gasteiger charge is 2.36. The molecule has 3 nitrogen and oxygen atoms in total. The molecule has 2 aromatic rings. The Bertz CT molecular complexity index is 725. The molecule has 0 radical (unpaired) electrons. The van der Waals surface area contributed by atoms with Crippen molar-refractivity contribution in [2.45, 2.75) is 25.0 Å². The first-order valence-corrected chi connectivity index (χ1v) is 7.38. The quantitative estimate of drug-likeness (QED) is 0.762. The van der Waals surface area contributed by atoms with Crippen LogP contribution in [-0.4, -0.2) is 11.7 Å². The minimum absolute atomic E-state index is 0.0599. The van der Waals surface area contributed by atoms with E-state index in [-0.39, 0.29) is 24.0 Å². The van der Waals surface area contributed by atoms with Crippen molar-refractivity contribution in [2.24, 2.45) is 5.73 Å². The van der Waals surface area contributed by atoms with Gasteiger partial charge in [0.2, 0.25) is 0 Å². The standard InChI is InChI=1S/C17H15F6NO2/c18-16(19,20)12-4-10(5-13(7-12)17(21,22)23)9-26-14-3-1-2-11(6-14)15(24)8-25/h1-7,15,25H,8-9,24H2/t15-/m0/s1. The van der Waals surface area contributed by atoms with Crippen LogP contribution in [0, 0.1) is 0 Å². The molecule has 9 heteroatoms. The van der Waals surface area contributed by atoms with E-state index < -0.39 is 36.1 Å². The Hall–Kier alpha value is -2.26. The molecule has 1 atom stereocenters. The van der Waals surface area contributed by atoms with Gasteiger partial charge in [0.15, 0.2) is 0 Å². The summed E-state index contributed by atoms with van der Waals surface area (Å²) in [5.41, 5.74) is 3.09. The van der Waals surface area contributed by atoms with E-state index in [9.17, 15) is 26.3 Å². The van der Waals surface area contributed by atoms with Crippen LogP contribution in [0.5, 0.6) is 5.75 Å². The molecular formula is C17H15F6NO2. The maximum atomic E-state index is 12.8. The van der Waals surface area contributed by atoms with Gasteiger partial charge >= 0.3 is 12.4 Å². The van der Waals surface area contributed by atoms with Gasteiger partial charge in [-0.3, -0.25) is 0 Å². The van der Waals surface area contributed by atoms with Crippen molar-refractivity contribution in [3.8, 4) is 5.75 Å². The first-order chi connectivity index (χ1) is 12.0. The first kappa shape index (κ1) is 20.1. The molecule has 0 aliphatic heterocycles. The smallest absolute Gasteiger partial charge is 0.416 e. The Kier molecular flexibility index (Phi) is 5.82. The molecule has 0 saturated carbocycles. The highest BCUT2D eigenvalue weighted by molar-refractivity contribution is 5.34. The SMILES string of the molecule is N[C@@H](CO)c1cccc(OCc2cc(C(F)(F)F)cc(C(F)(F)F)c2)c1. The molecule has 3 N–H and O–H groups in total. The predicted molar refractivity (Wildman–Crippen MR) is 81.2 cm³/mol. The lowest BCUT2D eigenvalue weighted by Gasteiger charge is -2.15. The Morgan fingerprint density at radius 1 is 0.923 bits per heavy atom. The number of rotatable bonds is 5. The van der Waals surface area contributed by atoms with Crippen molar-refractivity contribution in [1.29, 1.82) is 0 Å². The summed E-state index contributed by atoms with van der Waals surface area (Å²) in [7, 11) is 0. The maximum absolute atomic E-state index is 12.8. The van der Waals surface area contributed by atoms with Crippen molar-refractivity contribution in [2.75, 3.05) is 6.61 Å². The number of aliphatic hydroxyl groups excluding tert-OH is 1. The van der Waals surface area contributed by atoms with Gasteiger partial charge in [0.1, 0.15) is 12.4 Å². The molecule has 0 aliphatic rings. The molecule has 0 fully saturated rings. The molecule has 2 rings (SSSR count). The van der Waals surface area contributed by atoms with Gasteiger partial charge in [-0.05, 0) is 41.5 Å². The fourth-order valence-electron chi connectivity index (χ4n) is 2.21. The van der Waals surface area contributed by atoms with E-state index in [1.807, 2.05) is 0 Å². The summed E-state index contributed by atoms with van der Waals surface area (Å²) in [6, 6.07) is 6.70. The lowest BCUT2D eigenvalue weighted by Crippen LogP contribution is -2.14. The number of hydrogen-bond acceptors (Lipinski definition) is 3. The molecule has 0 aromatic heterocycles. The monoisotopic (exact) mass is 379 g/mol. The van der Waals surface area contributed by atoms with Crippen molar-refractivity contribution >= 4 is 0 Å². The first-order valence-electron chi connectivity index (χ1n) is 7.38. The summed E-state index contributed by atoms with van der Waals surface area (Å²) in [6.45, 7) is -0.823. The fraction of sp³-hybridized carbons (Fsp3) is 0.294. The van der Waals surface area contributed by atoms with Gasteiger partial charge in [0, 0.05) is 0 Å². The molecular weight excluding hydrogens is 364 g/mol. The number of nitrogens with two attached hydrogens (primary N) is 1. The minimum Gasteiger partial charge on any atom is -0.489 e. The third kappa shape index (κ3) is 5.12. The second kappa shape index (κ2) is 7.55. The molecule has 26 heavy (non-hydrogen) atoms. The average Bonchev–Trinajstić information content (AvgIpc) is 2.57. The van der Waals surface area contributed by atoms with Gasteiger partial charge in [-0.25, -0.2) is 0 Å². The van der Waals surface area contributed by atoms with Crippen molar-refractivity contribution < 1.29 is 36.2 Å². The van der Waals surface area contributed by atoms with E-state index in [1.165, 1.54) is 12.1 Å². The van der Waals surface area contributed by atoms with Crippen LogP contribution in [0.25, 0.3) is 0 Å². The van der Waals surface area contributed by atoms with Gasteiger partial charge in [-0.2, -0.15) is 26.3 Å². The second-order valence-corrected chi connectivity index (χ2v) is 5.56. The van der Waals surface area contributed by atoms with Crippen LogP contribution < -0.4 is 10.5 Å². The molecule has 0 amide bonds. The molecule has 2 aromatic carbocycles. The third-order valence-electron chi connectivity index (χ3n) is 3.54. The normalized spacial score (nSPS) is 13.5. The van der Waals surface area contributed by atoms with Crippen LogP contribution in [0.4, 0.5) is 26.3 Å². The van der Waals surface area contributed by atoms with Crippen molar-refractivity contribution in [3.05, 3.63) is 64.7 Å². The van der Waals surface area contributed by atoms with Gasteiger partial charge in [0.25, 0.3) is 0 Å². The van der Waals surface area contributed by atoms with E-state index in [1.54, 1.807) is 12.1 Å². The van der Waals surface area contributed by atoms with E-state index in [0.29, 0.717) is 17.7 Å². The predicted octanol–water partition coefficient (Wildman–Crippen LogP) is 4.30. The lowest BCUT2D eigenvalue weighted by atomic mass is 10.1. The largest absolute Gasteiger partial charge is 0.489 e. The van der Waals surface area contributed by atoms with Gasteiger partial charge in [0.05, 0.1) is 23.8 Å². The fourth-order valence-corrected chi connectivity index (χ4v) is 2.21. The number of halogens is 6. The van der Waals surface area contributed by atoms with E-state index >= 15 is 0 Å². The van der Waals surface area contributed by atoms with Gasteiger partial charge < -0.3 is 15.6 Å². The second-order valence-electron chi connectivity index (χ2n) is 5.56. The lowest BCUT2D eigenvalue weighted by molar-refractivity contribution is -0.143. The zero-order valence-electron chi connectivity index (χ0n) is 13.2. The zero-order valence-corrected chi connectivity index (χ0v) is 13.2. The number of ether oxygens (including phenoxy) is 1. The summed E-state index contributed by atoms with van der Waals surface area (Å²) in [4.78, 5) is 0. The van der Waals surface area contributed by atoms with Crippen LogP contribution in [0.15, 0.2) is 42.5 Å². The molecule has 0 bridgehead atoms. The number of hydrogen-bond donors (Lipinski definition) is 2. The number of benzene rings is 2. The van der Waals surface area contributed by atoms with Crippen molar-refractivity contribution in [1.82, 2.24) is 0 Å². The number of alkyl halides is 6. The van der Waals surface area contributed by atoms with Gasteiger partial charge in [-0.1, -0.05) is 12.1 Å². The topological polar surface area (TPSA) is 55.5 Å². The molecule has 0 spiro atoms. The highest BCUT2D eigenvalue weighted by Crippen LogP contribution is 2.36. The highest BCUT2D eigenvalue weighted by atomic mass is 19.4. The third-order valence-corrected chi connectivity index (χ3v) is 3.54. The molecule has 0 heterocycles. The Morgan fingerprint density at radius 3 is 2.00 bits per heavy atom. The molecule has 142 valence electrons. The summed E-state index contributed by atoms with van der Waals surface area (Å²) in [5, 5.41) is 9.02. The zero-order chi connectivity index (χ0) is 19.5. The van der Waals surface area contributed by atoms with Gasteiger partial charge in [-0.15, -0.1) is 0 Å². The molecule has 0 saturated heterocycles. The van der Waals surface area contributed by atoms with E-state index in [2.05, 4.69) is 0 Å². The Morgan fingerprint density at radius 2 is 1.50 bits per heavy atom. The Balaban J connectivity index is 2.26. The minimum atomic E-state index is -4.91. The number of aliphatic hydroxyl groups is 1. The van der Waals surface area contributed by atoms with E-state index in [0.717, 1.165) is 0 Å². The van der Waals surface area contributed by atoms with Crippen LogP contribution in [0.2, 0.25) is 0 Å². The van der Waals surface area contributed by atoms with Crippen LogP contribution in [-0.2, 0) is 19.0 Å². The van der Waals surface area contributed by atoms with Crippen LogP contribution >= 0.6 is 0 Å². The summed E-state index contributed by atoms with van der Waals surface area (Å²) < 4.78 is 82.3. The maximum Gasteiger partial charge on any atom is 0.416 e. The van der Waals surface area contributed by atoms with Crippen LogP contribution in [0.3, 0.4) is 0 Å². The van der Waals surface area contributed by atoms with E-state index in [4.69, 9.17) is 15.6 Å². The molecule has 0 unspecified atom stereocenters. The Labute approximate surface area is 145 Å². The van der Waals surface area contributed by atoms with Crippen LogP contribution in [0.1, 0.15) is 28.3 Å².